The second-order valence-electron chi connectivity index (χ2n) is 4.24. The van der Waals surface area contributed by atoms with Crippen LogP contribution in [0.2, 0.25) is 0 Å². The molecule has 2 rings (SSSR count). The molecule has 1 heterocycles. The van der Waals surface area contributed by atoms with Crippen LogP contribution in [0, 0.1) is 17.0 Å². The number of hydrogen-bond acceptors (Lipinski definition) is 6. The van der Waals surface area contributed by atoms with Crippen molar-refractivity contribution in [2.45, 2.75) is 0 Å². The average molecular weight is 307 g/mol. The zero-order valence-electron chi connectivity index (χ0n) is 11.1. The Morgan fingerprint density at radius 2 is 2.14 bits per heavy atom. The molecule has 9 heteroatoms. The molecule has 0 saturated heterocycles. The van der Waals surface area contributed by atoms with Crippen LogP contribution in [-0.2, 0) is 4.79 Å². The van der Waals surface area contributed by atoms with Gasteiger partial charge in [0, 0.05) is 11.3 Å². The lowest BCUT2D eigenvalue weighted by Crippen LogP contribution is -2.17. The number of hydrogen-bond donors (Lipinski definition) is 4. The fourth-order valence-electron chi connectivity index (χ4n) is 1.64. The van der Waals surface area contributed by atoms with Gasteiger partial charge in [0.2, 0.25) is 0 Å². The molecule has 0 aliphatic heterocycles. The number of nitrogens with zero attached hydrogens (tertiary/aromatic N) is 2. The van der Waals surface area contributed by atoms with Gasteiger partial charge < -0.3 is 16.2 Å². The number of carbonyl (C=O) groups is 1. The van der Waals surface area contributed by atoms with Crippen molar-refractivity contribution in [3.63, 3.8) is 0 Å². The maximum Gasteiger partial charge on any atom is 0.322 e. The lowest BCUT2D eigenvalue weighted by atomic mass is 10.1. The van der Waals surface area contributed by atoms with E-state index in [2.05, 4.69) is 15.3 Å². The first-order chi connectivity index (χ1) is 10.4. The summed E-state index contributed by atoms with van der Waals surface area (Å²) in [6.07, 6.45) is 0.788. The molecule has 0 aliphatic carbocycles. The van der Waals surface area contributed by atoms with E-state index < -0.39 is 24.1 Å². The van der Waals surface area contributed by atoms with Gasteiger partial charge in [0.05, 0.1) is 6.20 Å². The molecule has 0 bridgehead atoms. The Balaban J connectivity index is 2.36. The number of anilines is 2. The monoisotopic (exact) mass is 307 g/mol. The summed E-state index contributed by atoms with van der Waals surface area (Å²) < 4.78 is 26.7. The highest BCUT2D eigenvalue weighted by Crippen LogP contribution is 2.18. The van der Waals surface area contributed by atoms with Crippen molar-refractivity contribution < 1.29 is 18.7 Å². The van der Waals surface area contributed by atoms with Crippen LogP contribution in [0.25, 0.3) is 0 Å². The van der Waals surface area contributed by atoms with E-state index in [4.69, 9.17) is 16.2 Å². The Bertz CT molecular complexity index is 751. The number of aliphatic carboxylic acids is 1. The molecule has 1 aromatic carbocycles. The summed E-state index contributed by atoms with van der Waals surface area (Å²) in [5, 5.41) is 18.8. The van der Waals surface area contributed by atoms with Crippen LogP contribution < -0.4 is 11.1 Å². The Labute approximate surface area is 123 Å². The molecule has 1 aromatic heterocycles. The first kappa shape index (κ1) is 15.3. The van der Waals surface area contributed by atoms with Crippen molar-refractivity contribution in [3.8, 4) is 0 Å². The molecule has 0 atom stereocenters. The number of rotatable bonds is 5. The van der Waals surface area contributed by atoms with Crippen LogP contribution in [0.4, 0.5) is 20.3 Å². The van der Waals surface area contributed by atoms with E-state index in [9.17, 15) is 13.6 Å². The van der Waals surface area contributed by atoms with E-state index in [1.165, 1.54) is 6.07 Å². The minimum atomic E-state index is -1.20. The third-order valence-corrected chi connectivity index (χ3v) is 2.66. The maximum absolute atomic E-state index is 13.5. The zero-order chi connectivity index (χ0) is 16.3. The highest BCUT2D eigenvalue weighted by molar-refractivity contribution is 6.11. The minimum absolute atomic E-state index is 0.0517. The standard InChI is InChI=1S/C13H11F2N5O2/c14-6-1-2-9(16)7(3-6)11(17)13-18-4-8(15)12(20-13)19-5-10(21)22/h1-4,17H,5,16H2,(H,21,22)(H,18,19,20). The van der Waals surface area contributed by atoms with Crippen LogP contribution >= 0.6 is 0 Å². The van der Waals surface area contributed by atoms with Gasteiger partial charge in [-0.05, 0) is 18.2 Å². The molecule has 7 nitrogen and oxygen atoms in total. The molecule has 0 spiro atoms. The second kappa shape index (κ2) is 6.12. The number of halogens is 2. The quantitative estimate of drug-likeness (QED) is 0.486. The van der Waals surface area contributed by atoms with Crippen molar-refractivity contribution in [1.82, 2.24) is 9.97 Å². The van der Waals surface area contributed by atoms with Crippen LogP contribution in [0.1, 0.15) is 11.4 Å². The third-order valence-electron chi connectivity index (χ3n) is 2.66. The molecule has 0 aliphatic rings. The summed E-state index contributed by atoms with van der Waals surface area (Å²) in [6, 6.07) is 3.46. The van der Waals surface area contributed by atoms with Crippen molar-refractivity contribution in [1.29, 1.82) is 5.41 Å². The zero-order valence-corrected chi connectivity index (χ0v) is 11.1. The fraction of sp³-hybridized carbons (Fsp3) is 0.0769. The highest BCUT2D eigenvalue weighted by atomic mass is 19.1. The average Bonchev–Trinajstić information content (AvgIpc) is 2.48. The number of aromatic nitrogens is 2. The number of nitrogens with two attached hydrogens (primary N) is 1. The van der Waals surface area contributed by atoms with Gasteiger partial charge in [0.15, 0.2) is 17.5 Å². The molecule has 5 N–H and O–H groups in total. The van der Waals surface area contributed by atoms with Gasteiger partial charge in [-0.15, -0.1) is 0 Å². The highest BCUT2D eigenvalue weighted by Gasteiger charge is 2.15. The number of carboxylic acids is 1. The summed E-state index contributed by atoms with van der Waals surface area (Å²) in [5.74, 6) is -3.26. The number of nitrogens with one attached hydrogen (secondary N) is 2. The van der Waals surface area contributed by atoms with Gasteiger partial charge in [-0.2, -0.15) is 0 Å². The van der Waals surface area contributed by atoms with Crippen molar-refractivity contribution >= 4 is 23.2 Å². The molecular weight excluding hydrogens is 296 g/mol. The summed E-state index contributed by atoms with van der Waals surface area (Å²) in [6.45, 7) is -0.553. The molecule has 114 valence electrons. The molecule has 0 unspecified atom stereocenters. The molecule has 0 fully saturated rings. The first-order valence-corrected chi connectivity index (χ1v) is 6.01. The Hall–Kier alpha value is -3.10. The van der Waals surface area contributed by atoms with Crippen molar-refractivity contribution in [3.05, 3.63) is 47.4 Å². The van der Waals surface area contributed by atoms with E-state index in [1.807, 2.05) is 0 Å². The van der Waals surface area contributed by atoms with Crippen LogP contribution in [0.5, 0.6) is 0 Å². The van der Waals surface area contributed by atoms with E-state index in [1.54, 1.807) is 0 Å². The molecule has 0 radical (unpaired) electrons. The number of benzene rings is 1. The van der Waals surface area contributed by atoms with Gasteiger partial charge in [0.25, 0.3) is 0 Å². The second-order valence-corrected chi connectivity index (χ2v) is 4.24. The fourth-order valence-corrected chi connectivity index (χ4v) is 1.64. The number of nitrogen functional groups attached to an aromatic ring is 1. The molecule has 0 saturated carbocycles. The summed E-state index contributed by atoms with van der Waals surface area (Å²) in [4.78, 5) is 17.8. The predicted molar refractivity (Wildman–Crippen MR) is 74.9 cm³/mol. The van der Waals surface area contributed by atoms with Crippen molar-refractivity contribution in [2.24, 2.45) is 0 Å². The normalized spacial score (nSPS) is 10.3. The van der Waals surface area contributed by atoms with Gasteiger partial charge in [-0.1, -0.05) is 0 Å². The summed E-state index contributed by atoms with van der Waals surface area (Å²) in [7, 11) is 0. The predicted octanol–water partition coefficient (Wildman–Crippen LogP) is 1.25. The molecular formula is C13H11F2N5O2. The maximum atomic E-state index is 13.5. The van der Waals surface area contributed by atoms with Gasteiger partial charge >= 0.3 is 5.97 Å². The molecule has 2 aromatic rings. The Morgan fingerprint density at radius 3 is 2.82 bits per heavy atom. The van der Waals surface area contributed by atoms with Gasteiger partial charge in [0.1, 0.15) is 18.1 Å². The third kappa shape index (κ3) is 3.32. The van der Waals surface area contributed by atoms with E-state index in [0.717, 1.165) is 18.3 Å². The van der Waals surface area contributed by atoms with Gasteiger partial charge in [-0.3, -0.25) is 10.2 Å². The summed E-state index contributed by atoms with van der Waals surface area (Å²) >= 11 is 0. The van der Waals surface area contributed by atoms with E-state index in [0.29, 0.717) is 0 Å². The summed E-state index contributed by atoms with van der Waals surface area (Å²) in [5.41, 5.74) is 5.54. The largest absolute Gasteiger partial charge is 0.480 e. The van der Waals surface area contributed by atoms with Crippen LogP contribution in [-0.4, -0.2) is 33.3 Å². The van der Waals surface area contributed by atoms with Crippen LogP contribution in [0.15, 0.2) is 24.4 Å². The SMILES string of the molecule is N=C(c1ncc(F)c(NCC(=O)O)n1)c1cc(F)ccc1N. The van der Waals surface area contributed by atoms with Crippen LogP contribution in [0.3, 0.4) is 0 Å². The van der Waals surface area contributed by atoms with E-state index >= 15 is 0 Å². The Kier molecular flexibility index (Phi) is 4.25. The molecule has 0 amide bonds. The Morgan fingerprint density at radius 1 is 1.41 bits per heavy atom. The smallest absolute Gasteiger partial charge is 0.322 e. The lowest BCUT2D eigenvalue weighted by Gasteiger charge is -2.09. The minimum Gasteiger partial charge on any atom is -0.480 e. The lowest BCUT2D eigenvalue weighted by molar-refractivity contribution is -0.134. The van der Waals surface area contributed by atoms with Crippen molar-refractivity contribution in [2.75, 3.05) is 17.6 Å². The van der Waals surface area contributed by atoms with E-state index in [-0.39, 0.29) is 28.6 Å². The van der Waals surface area contributed by atoms with Gasteiger partial charge in [-0.25, -0.2) is 18.7 Å². The molecule has 22 heavy (non-hydrogen) atoms. The number of carboxylic acid groups (broad SMARTS) is 1. The topological polar surface area (TPSA) is 125 Å². The first-order valence-electron chi connectivity index (χ1n) is 6.01.